The molecule has 0 unspecified atom stereocenters. The second-order valence-electron chi connectivity index (χ2n) is 5.40. The Morgan fingerprint density at radius 2 is 2.14 bits per heavy atom. The zero-order valence-corrected chi connectivity index (χ0v) is 13.2. The summed E-state index contributed by atoms with van der Waals surface area (Å²) in [6, 6.07) is 12.1. The smallest absolute Gasteiger partial charge is 0.119 e. The normalized spacial score (nSPS) is 14.3. The maximum absolute atomic E-state index is 9.16. The molecule has 0 fully saturated rings. The van der Waals surface area contributed by atoms with E-state index in [1.54, 1.807) is 11.3 Å². The minimum atomic E-state index is 0.668. The van der Waals surface area contributed by atoms with Crippen LogP contribution in [0, 0.1) is 11.3 Å². The lowest BCUT2D eigenvalue weighted by atomic mass is 10.0. The van der Waals surface area contributed by atoms with Gasteiger partial charge in [-0.3, -0.25) is 4.90 Å². The van der Waals surface area contributed by atoms with Crippen molar-refractivity contribution >= 4 is 16.3 Å². The molecule has 1 aliphatic rings. The average Bonchev–Trinajstić information content (AvgIpc) is 2.87. The van der Waals surface area contributed by atoms with Crippen molar-refractivity contribution in [2.24, 2.45) is 0 Å². The largest absolute Gasteiger partial charge is 0.494 e. The highest BCUT2D eigenvalue weighted by Gasteiger charge is 2.23. The molecule has 0 atom stereocenters. The van der Waals surface area contributed by atoms with Gasteiger partial charge >= 0.3 is 0 Å². The van der Waals surface area contributed by atoms with E-state index in [4.69, 9.17) is 15.7 Å². The number of nitrogen functional groups attached to an aromatic ring is 1. The minimum absolute atomic E-state index is 0.668. The van der Waals surface area contributed by atoms with Crippen molar-refractivity contribution in [3.63, 3.8) is 0 Å². The first-order chi connectivity index (χ1) is 10.8. The lowest BCUT2D eigenvalue weighted by molar-refractivity contribution is 0.223. The summed E-state index contributed by atoms with van der Waals surface area (Å²) in [6.07, 6.45) is 1.92. The Kier molecular flexibility index (Phi) is 4.62. The molecule has 0 radical (unpaired) electrons. The third-order valence-corrected chi connectivity index (χ3v) is 4.95. The lowest BCUT2D eigenvalue weighted by Crippen LogP contribution is -2.31. The summed E-state index contributed by atoms with van der Waals surface area (Å²) in [5.41, 5.74) is 7.79. The van der Waals surface area contributed by atoms with Gasteiger partial charge in [0, 0.05) is 24.5 Å². The van der Waals surface area contributed by atoms with E-state index in [-0.39, 0.29) is 0 Å². The molecule has 3 rings (SSSR count). The monoisotopic (exact) mass is 313 g/mol. The quantitative estimate of drug-likeness (QED) is 0.862. The van der Waals surface area contributed by atoms with Crippen molar-refractivity contribution in [1.29, 1.82) is 5.26 Å². The molecule has 0 saturated heterocycles. The van der Waals surface area contributed by atoms with Gasteiger partial charge in [-0.15, -0.1) is 11.3 Å². The Morgan fingerprint density at radius 1 is 1.32 bits per heavy atom. The molecule has 1 aromatic heterocycles. The minimum Gasteiger partial charge on any atom is -0.494 e. The van der Waals surface area contributed by atoms with Crippen molar-refractivity contribution < 1.29 is 4.74 Å². The Labute approximate surface area is 134 Å². The molecule has 5 heteroatoms. The maximum Gasteiger partial charge on any atom is 0.119 e. The second kappa shape index (κ2) is 6.82. The molecule has 4 nitrogen and oxygen atoms in total. The molecule has 0 spiro atoms. The summed E-state index contributed by atoms with van der Waals surface area (Å²) >= 11 is 1.56. The first-order valence-corrected chi connectivity index (χ1v) is 8.30. The number of anilines is 1. The number of ether oxygens (including phenoxy) is 1. The average molecular weight is 313 g/mol. The number of thiophene rings is 1. The summed E-state index contributed by atoms with van der Waals surface area (Å²) in [6.45, 7) is 3.62. The first-order valence-electron chi connectivity index (χ1n) is 7.48. The van der Waals surface area contributed by atoms with Crippen LogP contribution in [0.1, 0.15) is 22.4 Å². The van der Waals surface area contributed by atoms with Gasteiger partial charge < -0.3 is 10.5 Å². The van der Waals surface area contributed by atoms with E-state index in [9.17, 15) is 0 Å². The fourth-order valence-electron chi connectivity index (χ4n) is 2.79. The molecule has 0 saturated carbocycles. The van der Waals surface area contributed by atoms with Gasteiger partial charge in [0.15, 0.2) is 0 Å². The molecule has 1 aliphatic heterocycles. The lowest BCUT2D eigenvalue weighted by Gasteiger charge is -2.26. The van der Waals surface area contributed by atoms with Gasteiger partial charge in [-0.2, -0.15) is 5.26 Å². The number of hydrogen-bond donors (Lipinski definition) is 1. The molecule has 0 aliphatic carbocycles. The molecule has 2 N–H and O–H groups in total. The van der Waals surface area contributed by atoms with Crippen LogP contribution in [0.2, 0.25) is 0 Å². The number of nitrogens with zero attached hydrogens (tertiary/aromatic N) is 2. The second-order valence-corrected chi connectivity index (χ2v) is 6.53. The SMILES string of the molecule is N#Cc1c(N)sc2c1CCN(CCCOc1ccccc1)C2. The highest BCUT2D eigenvalue weighted by Crippen LogP contribution is 2.34. The number of benzene rings is 1. The number of rotatable bonds is 5. The van der Waals surface area contributed by atoms with E-state index in [2.05, 4.69) is 11.0 Å². The van der Waals surface area contributed by atoms with Crippen LogP contribution in [0.15, 0.2) is 30.3 Å². The van der Waals surface area contributed by atoms with E-state index in [0.717, 1.165) is 44.8 Å². The number of nitriles is 1. The Hall–Kier alpha value is -2.03. The molecular weight excluding hydrogens is 294 g/mol. The number of nitrogens with two attached hydrogens (primary N) is 1. The summed E-state index contributed by atoms with van der Waals surface area (Å²) in [7, 11) is 0. The van der Waals surface area contributed by atoms with Crippen LogP contribution >= 0.6 is 11.3 Å². The fourth-order valence-corrected chi connectivity index (χ4v) is 3.90. The maximum atomic E-state index is 9.16. The van der Waals surface area contributed by atoms with Crippen LogP contribution in [0.25, 0.3) is 0 Å². The van der Waals surface area contributed by atoms with Gasteiger partial charge in [-0.05, 0) is 30.5 Å². The first kappa shape index (κ1) is 14.9. The van der Waals surface area contributed by atoms with Crippen molar-refractivity contribution in [3.05, 3.63) is 46.3 Å². The zero-order valence-electron chi connectivity index (χ0n) is 12.4. The molecule has 0 amide bonds. The van der Waals surface area contributed by atoms with E-state index in [1.165, 1.54) is 10.4 Å². The zero-order chi connectivity index (χ0) is 15.4. The van der Waals surface area contributed by atoms with Crippen molar-refractivity contribution in [3.8, 4) is 11.8 Å². The number of fused-ring (bicyclic) bond motifs is 1. The van der Waals surface area contributed by atoms with E-state index in [1.807, 2.05) is 30.3 Å². The van der Waals surface area contributed by atoms with Gasteiger partial charge in [0.25, 0.3) is 0 Å². The predicted octanol–water partition coefficient (Wildman–Crippen LogP) is 3.03. The Balaban J connectivity index is 1.48. The topological polar surface area (TPSA) is 62.3 Å². The summed E-state index contributed by atoms with van der Waals surface area (Å²) in [5, 5.41) is 9.83. The highest BCUT2D eigenvalue weighted by molar-refractivity contribution is 7.16. The molecular formula is C17H19N3OS. The van der Waals surface area contributed by atoms with Crippen LogP contribution in [-0.2, 0) is 13.0 Å². The van der Waals surface area contributed by atoms with Crippen molar-refractivity contribution in [1.82, 2.24) is 4.90 Å². The van der Waals surface area contributed by atoms with Crippen molar-refractivity contribution in [2.45, 2.75) is 19.4 Å². The van der Waals surface area contributed by atoms with Crippen LogP contribution in [0.4, 0.5) is 5.00 Å². The van der Waals surface area contributed by atoms with Gasteiger partial charge in [0.1, 0.15) is 16.8 Å². The highest BCUT2D eigenvalue weighted by atomic mass is 32.1. The summed E-state index contributed by atoms with van der Waals surface area (Å²) in [5.74, 6) is 0.924. The third-order valence-electron chi connectivity index (χ3n) is 3.91. The van der Waals surface area contributed by atoms with Gasteiger partial charge in [-0.25, -0.2) is 0 Å². The Bertz CT molecular complexity index is 675. The molecule has 114 valence electrons. The van der Waals surface area contributed by atoms with Crippen LogP contribution < -0.4 is 10.5 Å². The van der Waals surface area contributed by atoms with E-state index < -0.39 is 0 Å². The fraction of sp³-hybridized carbons (Fsp3) is 0.353. The molecule has 22 heavy (non-hydrogen) atoms. The third kappa shape index (κ3) is 3.24. The molecule has 2 aromatic rings. The molecule has 2 heterocycles. The number of hydrogen-bond acceptors (Lipinski definition) is 5. The van der Waals surface area contributed by atoms with Gasteiger partial charge in [-0.1, -0.05) is 18.2 Å². The molecule has 0 bridgehead atoms. The van der Waals surface area contributed by atoms with Crippen LogP contribution in [0.3, 0.4) is 0 Å². The van der Waals surface area contributed by atoms with Crippen LogP contribution in [-0.4, -0.2) is 24.6 Å². The van der Waals surface area contributed by atoms with E-state index >= 15 is 0 Å². The summed E-state index contributed by atoms with van der Waals surface area (Å²) < 4.78 is 5.72. The van der Waals surface area contributed by atoms with Gasteiger partial charge in [0.05, 0.1) is 12.2 Å². The number of para-hydroxylation sites is 1. The molecule has 1 aromatic carbocycles. The van der Waals surface area contributed by atoms with Gasteiger partial charge in [0.2, 0.25) is 0 Å². The van der Waals surface area contributed by atoms with E-state index in [0.29, 0.717) is 10.6 Å². The summed E-state index contributed by atoms with van der Waals surface area (Å²) in [4.78, 5) is 3.66. The van der Waals surface area contributed by atoms with Crippen LogP contribution in [0.5, 0.6) is 5.75 Å². The standard InChI is InChI=1S/C17H19N3OS/c18-11-15-14-7-9-20(12-16(14)22-17(15)19)8-4-10-21-13-5-2-1-3-6-13/h1-3,5-6H,4,7-10,12,19H2. The Morgan fingerprint density at radius 3 is 2.91 bits per heavy atom. The van der Waals surface area contributed by atoms with Crippen molar-refractivity contribution in [2.75, 3.05) is 25.4 Å². The predicted molar refractivity (Wildman–Crippen MR) is 89.0 cm³/mol.